The molecule has 3 rings (SSSR count). The van der Waals surface area contributed by atoms with Crippen LogP contribution in [-0.4, -0.2) is 77.1 Å². The first-order chi connectivity index (χ1) is 15.2. The van der Waals surface area contributed by atoms with Crippen molar-refractivity contribution in [2.75, 3.05) is 11.1 Å². The third-order valence-electron chi connectivity index (χ3n) is 4.36. The first-order valence-electron chi connectivity index (χ1n) is 9.33. The molecule has 0 saturated carbocycles. The van der Waals surface area contributed by atoms with Crippen molar-refractivity contribution in [1.82, 2.24) is 25.3 Å². The minimum Gasteiger partial charge on any atom is -0.481 e. The molecule has 3 aromatic rings. The molecule has 1 aromatic carbocycles. The average Bonchev–Trinajstić information content (AvgIpc) is 2.75. The summed E-state index contributed by atoms with van der Waals surface area (Å²) < 4.78 is 0. The molecular weight excluding hydrogens is 447 g/mol. The largest absolute Gasteiger partial charge is 0.481 e. The maximum atomic E-state index is 12.3. The molecule has 2 heterocycles. The normalized spacial score (nSPS) is 11.3. The number of aromatic nitrogens is 4. The fourth-order valence-electron chi connectivity index (χ4n) is 2.75. The number of amides is 1. The number of aromatic amines is 1. The number of nitrogens with one attached hydrogen (secondary N) is 3. The highest BCUT2D eigenvalue weighted by atomic mass is 24.3. The maximum absolute atomic E-state index is 12.3. The van der Waals surface area contributed by atoms with Gasteiger partial charge in [0, 0.05) is 17.7 Å². The van der Waals surface area contributed by atoms with Gasteiger partial charge < -0.3 is 26.6 Å². The Kier molecular flexibility index (Phi) is 8.64. The lowest BCUT2D eigenvalue weighted by Crippen LogP contribution is -2.41. The summed E-state index contributed by atoms with van der Waals surface area (Å²) in [6, 6.07) is 4.86. The van der Waals surface area contributed by atoms with Gasteiger partial charge in [0.1, 0.15) is 6.04 Å². The van der Waals surface area contributed by atoms with Crippen molar-refractivity contribution >= 4 is 63.7 Å². The molecule has 0 fully saturated rings. The number of hydrogen-bond acceptors (Lipinski definition) is 9. The van der Waals surface area contributed by atoms with E-state index in [1.54, 1.807) is 12.1 Å². The molecule has 1 amide bonds. The fraction of sp³-hybridized carbons (Fsp3) is 0.211. The van der Waals surface area contributed by atoms with Crippen LogP contribution in [0.15, 0.2) is 35.3 Å². The van der Waals surface area contributed by atoms with Crippen molar-refractivity contribution < 1.29 is 24.6 Å². The van der Waals surface area contributed by atoms with Crippen molar-refractivity contribution in [3.63, 3.8) is 0 Å². The molecule has 0 radical (unpaired) electrons. The number of benzene rings is 1. The number of nitrogens with zero attached hydrogens (tertiary/aromatic N) is 3. The summed E-state index contributed by atoms with van der Waals surface area (Å²) >= 11 is 0. The lowest BCUT2D eigenvalue weighted by Gasteiger charge is -2.14. The Hall–Kier alpha value is -3.78. The number of hydrogen-bond donors (Lipinski definition) is 6. The van der Waals surface area contributed by atoms with Crippen LogP contribution >= 0.6 is 0 Å². The zero-order valence-corrected chi connectivity index (χ0v) is 16.5. The zero-order chi connectivity index (χ0) is 23.3. The average molecular weight is 468 g/mol. The molecule has 170 valence electrons. The zero-order valence-electron chi connectivity index (χ0n) is 16.5. The highest BCUT2D eigenvalue weighted by Gasteiger charge is 2.21. The Balaban J connectivity index is 0.00000385. The van der Waals surface area contributed by atoms with Crippen LogP contribution in [0.2, 0.25) is 0 Å². The first kappa shape index (κ1) is 25.5. The van der Waals surface area contributed by atoms with Gasteiger partial charge in [0.2, 0.25) is 5.95 Å². The highest BCUT2D eigenvalue weighted by molar-refractivity contribution is 5.96. The molecular formula is C19H21MgN7O6. The Morgan fingerprint density at radius 1 is 1.12 bits per heavy atom. The molecule has 14 heteroatoms. The van der Waals surface area contributed by atoms with Gasteiger partial charge in [-0.2, -0.15) is 4.98 Å². The van der Waals surface area contributed by atoms with Gasteiger partial charge in [0.15, 0.2) is 11.2 Å². The van der Waals surface area contributed by atoms with Crippen molar-refractivity contribution in [3.05, 3.63) is 52.1 Å². The second-order valence-corrected chi connectivity index (χ2v) is 6.71. The summed E-state index contributed by atoms with van der Waals surface area (Å²) in [7, 11) is 0. The molecule has 0 spiro atoms. The molecule has 0 aliphatic heterocycles. The third-order valence-corrected chi connectivity index (χ3v) is 4.36. The minimum atomic E-state index is -1.31. The lowest BCUT2D eigenvalue weighted by atomic mass is 10.1. The number of carboxylic acids is 2. The predicted molar refractivity (Wildman–Crippen MR) is 120 cm³/mol. The quantitative estimate of drug-likeness (QED) is 0.211. The monoisotopic (exact) mass is 467 g/mol. The van der Waals surface area contributed by atoms with E-state index in [1.165, 1.54) is 18.3 Å². The van der Waals surface area contributed by atoms with Crippen LogP contribution in [0.5, 0.6) is 0 Å². The predicted octanol–water partition coefficient (Wildman–Crippen LogP) is -0.961. The van der Waals surface area contributed by atoms with Gasteiger partial charge in [0.05, 0.1) is 18.4 Å². The van der Waals surface area contributed by atoms with Crippen molar-refractivity contribution in [1.29, 1.82) is 0 Å². The summed E-state index contributed by atoms with van der Waals surface area (Å²) in [6.07, 6.45) is 0.840. The number of nitrogens with two attached hydrogens (primary N) is 1. The van der Waals surface area contributed by atoms with Gasteiger partial charge >= 0.3 is 35.0 Å². The Morgan fingerprint density at radius 3 is 2.45 bits per heavy atom. The molecule has 0 aliphatic carbocycles. The fourth-order valence-corrected chi connectivity index (χ4v) is 2.75. The summed E-state index contributed by atoms with van der Waals surface area (Å²) in [6.45, 7) is 0.231. The smallest absolute Gasteiger partial charge is 0.326 e. The molecule has 0 bridgehead atoms. The number of H-pyrrole nitrogens is 1. The van der Waals surface area contributed by atoms with Gasteiger partial charge in [-0.05, 0) is 30.7 Å². The Labute approximate surface area is 202 Å². The number of fused-ring (bicyclic) bond motifs is 1. The molecule has 1 unspecified atom stereocenters. The van der Waals surface area contributed by atoms with Crippen LogP contribution < -0.4 is 21.9 Å². The standard InChI is InChI=1S/C19H19N7O6.Mg.2H/c20-19-25-15-14(17(30)26-19)23-11(8-22-15)7-21-10-3-1-9(2-4-10)16(29)24-12(18(31)32)5-6-13(27)28;;;/h1-4,8,12,21H,5-7H2,(H,24,29)(H,27,28)(H,31,32)(H3,20,22,25,26,30);;;. The van der Waals surface area contributed by atoms with Crippen molar-refractivity contribution in [2.45, 2.75) is 25.4 Å². The summed E-state index contributed by atoms with van der Waals surface area (Å²) in [5.41, 5.74) is 6.47. The van der Waals surface area contributed by atoms with E-state index in [4.69, 9.17) is 15.9 Å². The molecule has 2 aromatic heterocycles. The van der Waals surface area contributed by atoms with Crippen LogP contribution in [0.25, 0.3) is 11.2 Å². The number of rotatable bonds is 9. The highest BCUT2D eigenvalue weighted by Crippen LogP contribution is 2.12. The number of carboxylic acid groups (broad SMARTS) is 2. The minimum absolute atomic E-state index is 0. The number of nitrogen functional groups attached to an aromatic ring is 1. The first-order valence-corrected chi connectivity index (χ1v) is 9.33. The van der Waals surface area contributed by atoms with Gasteiger partial charge in [-0.25, -0.2) is 14.8 Å². The van der Waals surface area contributed by atoms with E-state index in [2.05, 4.69) is 30.6 Å². The van der Waals surface area contributed by atoms with E-state index in [1.807, 2.05) is 0 Å². The van der Waals surface area contributed by atoms with E-state index in [9.17, 15) is 19.2 Å². The van der Waals surface area contributed by atoms with E-state index < -0.39 is 29.4 Å². The Morgan fingerprint density at radius 2 is 1.82 bits per heavy atom. The second-order valence-electron chi connectivity index (χ2n) is 6.71. The number of aliphatic carboxylic acids is 2. The van der Waals surface area contributed by atoms with Crippen molar-refractivity contribution in [3.8, 4) is 0 Å². The SMILES string of the molecule is Nc1nc2ncc(CNc3ccc(C(=O)NC(CCC(=O)O)C(=O)O)cc3)nc2c(=O)[nH]1.[MgH2]. The molecule has 7 N–H and O–H groups in total. The second kappa shape index (κ2) is 11.2. The van der Waals surface area contributed by atoms with Gasteiger partial charge in [-0.3, -0.25) is 19.4 Å². The van der Waals surface area contributed by atoms with Gasteiger partial charge in [0.25, 0.3) is 11.5 Å². The number of carbonyl (C=O) groups excluding carboxylic acids is 1. The summed E-state index contributed by atoms with van der Waals surface area (Å²) in [5, 5.41) is 23.2. The van der Waals surface area contributed by atoms with Crippen LogP contribution in [0, 0.1) is 0 Å². The van der Waals surface area contributed by atoms with Gasteiger partial charge in [-0.1, -0.05) is 0 Å². The molecule has 33 heavy (non-hydrogen) atoms. The van der Waals surface area contributed by atoms with E-state index in [0.29, 0.717) is 11.4 Å². The molecule has 0 saturated heterocycles. The third kappa shape index (κ3) is 6.85. The van der Waals surface area contributed by atoms with Crippen LogP contribution in [0.3, 0.4) is 0 Å². The lowest BCUT2D eigenvalue weighted by molar-refractivity contribution is -0.140. The summed E-state index contributed by atoms with van der Waals surface area (Å²) in [5.74, 6) is -3.16. The van der Waals surface area contributed by atoms with Gasteiger partial charge in [-0.15, -0.1) is 0 Å². The van der Waals surface area contributed by atoms with Crippen LogP contribution in [0.4, 0.5) is 11.6 Å². The van der Waals surface area contributed by atoms with E-state index >= 15 is 0 Å². The van der Waals surface area contributed by atoms with Crippen molar-refractivity contribution in [2.24, 2.45) is 0 Å². The van der Waals surface area contributed by atoms with Crippen LogP contribution in [-0.2, 0) is 16.1 Å². The topological polar surface area (TPSA) is 213 Å². The molecule has 13 nitrogen and oxygen atoms in total. The van der Waals surface area contributed by atoms with Crippen LogP contribution in [0.1, 0.15) is 28.9 Å². The molecule has 1 atom stereocenters. The summed E-state index contributed by atoms with van der Waals surface area (Å²) in [4.78, 5) is 60.6. The maximum Gasteiger partial charge on any atom is 0.326 e. The molecule has 0 aliphatic rings. The number of carbonyl (C=O) groups is 3. The Bertz CT molecular complexity index is 1230. The number of anilines is 2. The van der Waals surface area contributed by atoms with E-state index in [0.717, 1.165) is 0 Å². The van der Waals surface area contributed by atoms with E-state index in [-0.39, 0.29) is 65.1 Å².